The van der Waals surface area contributed by atoms with E-state index < -0.39 is 0 Å². The van der Waals surface area contributed by atoms with Gasteiger partial charge in [-0.25, -0.2) is 0 Å². The summed E-state index contributed by atoms with van der Waals surface area (Å²) in [6.45, 7) is 8.39. The monoisotopic (exact) mass is 409 g/mol. The van der Waals surface area contributed by atoms with Crippen LogP contribution in [0, 0.1) is 0 Å². The number of aliphatic imine (C=N–C) groups is 1. The molecule has 0 amide bonds. The molecule has 0 aromatic heterocycles. The van der Waals surface area contributed by atoms with Crippen molar-refractivity contribution in [2.75, 3.05) is 11.9 Å². The lowest BCUT2D eigenvalue weighted by Gasteiger charge is -2.32. The van der Waals surface area contributed by atoms with E-state index in [0.29, 0.717) is 0 Å². The van der Waals surface area contributed by atoms with Crippen LogP contribution in [-0.4, -0.2) is 18.5 Å². The van der Waals surface area contributed by atoms with E-state index in [1.54, 1.807) is 12.2 Å². The van der Waals surface area contributed by atoms with Gasteiger partial charge < -0.3 is 10.0 Å². The minimum Gasteiger partial charge on any atom is -0.871 e. The highest BCUT2D eigenvalue weighted by atomic mass is 16.3. The van der Waals surface area contributed by atoms with Crippen LogP contribution in [0.3, 0.4) is 0 Å². The molecule has 3 aliphatic rings. The van der Waals surface area contributed by atoms with E-state index in [9.17, 15) is 9.90 Å². The van der Waals surface area contributed by atoms with E-state index in [2.05, 4.69) is 49.7 Å². The Kier molecular flexibility index (Phi) is 3.97. The van der Waals surface area contributed by atoms with E-state index in [-0.39, 0.29) is 33.5 Å². The molecule has 0 radical (unpaired) electrons. The van der Waals surface area contributed by atoms with Gasteiger partial charge in [-0.05, 0) is 35.4 Å². The number of para-hydroxylation sites is 2. The number of allylic oxidation sites excluding steroid dienone is 5. The van der Waals surface area contributed by atoms with Crippen LogP contribution in [0.25, 0.3) is 0 Å². The van der Waals surface area contributed by atoms with Crippen molar-refractivity contribution in [3.63, 3.8) is 0 Å². The van der Waals surface area contributed by atoms with Crippen molar-refractivity contribution < 1.29 is 9.90 Å². The number of rotatable bonds is 2. The molecular weight excluding hydrogens is 384 g/mol. The number of nitrogens with zero attached hydrogens (tertiary/aromatic N) is 2. The number of likely N-dealkylation sites (N-methyl/N-ethyl adjacent to an activating group) is 1. The first-order valence-electron chi connectivity index (χ1n) is 10.6. The summed E-state index contributed by atoms with van der Waals surface area (Å²) in [4.78, 5) is 19.7. The summed E-state index contributed by atoms with van der Waals surface area (Å²) >= 11 is 0. The van der Waals surface area contributed by atoms with Crippen molar-refractivity contribution in [1.29, 1.82) is 0 Å². The first-order chi connectivity index (χ1) is 14.6. The Labute approximate surface area is 182 Å². The Balaban J connectivity index is 1.52. The van der Waals surface area contributed by atoms with Crippen LogP contribution < -0.4 is 10.0 Å². The van der Waals surface area contributed by atoms with Crippen LogP contribution in [0.4, 0.5) is 11.4 Å². The van der Waals surface area contributed by atoms with Crippen LogP contribution in [-0.2, 0) is 15.6 Å². The van der Waals surface area contributed by atoms with E-state index in [1.807, 2.05) is 43.4 Å². The van der Waals surface area contributed by atoms with Crippen molar-refractivity contribution in [3.05, 3.63) is 94.4 Å². The molecule has 2 aromatic rings. The molecule has 0 N–H and O–H groups in total. The number of hydrogen-bond donors (Lipinski definition) is 0. The Morgan fingerprint density at radius 1 is 0.903 bits per heavy atom. The fraction of sp³-hybridized carbons (Fsp3) is 0.259. The first kappa shape index (κ1) is 19.6. The number of carbonyl (C=O) groups excluding carboxylic acids is 1. The Morgan fingerprint density at radius 2 is 1.55 bits per heavy atom. The molecule has 0 saturated heterocycles. The third-order valence-corrected chi connectivity index (χ3v) is 6.94. The highest BCUT2D eigenvalue weighted by Crippen LogP contribution is 2.48. The smallest absolute Gasteiger partial charge is 0.191 e. The predicted octanol–water partition coefficient (Wildman–Crippen LogP) is 4.49. The standard InChI is InChI=1S/C27H26N2O2/c1-26(2)18-10-6-8-12-20(18)28-22(26)14-16-24(30)17(25(16)31)15-23-27(3,4)19-11-7-9-13-21(19)29(23)5/h6-15,30H,1-5H3/p-1/b16-14?,23-15-. The second-order valence-corrected chi connectivity index (χ2v) is 9.50. The predicted molar refractivity (Wildman–Crippen MR) is 123 cm³/mol. The molecule has 4 heteroatoms. The highest BCUT2D eigenvalue weighted by Gasteiger charge is 2.40. The minimum absolute atomic E-state index is 0.202. The Hall–Kier alpha value is -3.40. The topological polar surface area (TPSA) is 55.7 Å². The summed E-state index contributed by atoms with van der Waals surface area (Å²) in [5.74, 6) is -0.403. The summed E-state index contributed by atoms with van der Waals surface area (Å²) < 4.78 is 0. The zero-order valence-corrected chi connectivity index (χ0v) is 18.5. The van der Waals surface area contributed by atoms with Crippen LogP contribution in [0.1, 0.15) is 38.8 Å². The largest absolute Gasteiger partial charge is 0.871 e. The highest BCUT2D eigenvalue weighted by molar-refractivity contribution is 6.24. The van der Waals surface area contributed by atoms with E-state index in [4.69, 9.17) is 0 Å². The lowest BCUT2D eigenvalue weighted by molar-refractivity contribution is -0.300. The molecular formula is C27H25N2O2-. The van der Waals surface area contributed by atoms with Crippen molar-refractivity contribution >= 4 is 22.9 Å². The van der Waals surface area contributed by atoms with Gasteiger partial charge in [-0.2, -0.15) is 0 Å². The van der Waals surface area contributed by atoms with Crippen molar-refractivity contribution in [2.45, 2.75) is 38.5 Å². The number of anilines is 1. The summed E-state index contributed by atoms with van der Waals surface area (Å²) in [7, 11) is 1.98. The molecule has 0 spiro atoms. The van der Waals surface area contributed by atoms with Gasteiger partial charge in [0.25, 0.3) is 0 Å². The lowest BCUT2D eigenvalue weighted by atomic mass is 9.77. The third kappa shape index (κ3) is 2.61. The fourth-order valence-corrected chi connectivity index (χ4v) is 4.95. The van der Waals surface area contributed by atoms with Gasteiger partial charge in [-0.15, -0.1) is 0 Å². The van der Waals surface area contributed by atoms with Gasteiger partial charge in [0.05, 0.1) is 11.4 Å². The van der Waals surface area contributed by atoms with Crippen molar-refractivity contribution in [1.82, 2.24) is 0 Å². The molecule has 1 aliphatic carbocycles. The van der Waals surface area contributed by atoms with Gasteiger partial charge in [-0.3, -0.25) is 9.79 Å². The summed E-state index contributed by atoms with van der Waals surface area (Å²) in [6.07, 6.45) is 3.46. The maximum absolute atomic E-state index is 13.0. The van der Waals surface area contributed by atoms with E-state index >= 15 is 0 Å². The van der Waals surface area contributed by atoms with Gasteiger partial charge in [0.2, 0.25) is 0 Å². The van der Waals surface area contributed by atoms with Gasteiger partial charge in [-0.1, -0.05) is 69.9 Å². The first-order valence-corrected chi connectivity index (χ1v) is 10.6. The maximum atomic E-state index is 13.0. The van der Waals surface area contributed by atoms with Crippen molar-refractivity contribution in [3.8, 4) is 0 Å². The number of ketones is 1. The number of carbonyl (C=O) groups is 1. The lowest BCUT2D eigenvalue weighted by Crippen LogP contribution is -2.33. The molecule has 156 valence electrons. The SMILES string of the molecule is CN1/C(=C\C2=C([O-])C(=CC3=Nc4ccccc4C3(C)C)C2=O)C(C)(C)c2ccccc21. The van der Waals surface area contributed by atoms with Crippen LogP contribution in [0.15, 0.2) is 88.3 Å². The minimum atomic E-state index is -0.340. The van der Waals surface area contributed by atoms with Gasteiger partial charge in [0.15, 0.2) is 5.78 Å². The molecule has 4 nitrogen and oxygen atoms in total. The Bertz CT molecular complexity index is 1270. The fourth-order valence-electron chi connectivity index (χ4n) is 4.95. The number of fused-ring (bicyclic) bond motifs is 2. The van der Waals surface area contributed by atoms with Crippen LogP contribution >= 0.6 is 0 Å². The molecule has 0 bridgehead atoms. The normalized spacial score (nSPS) is 23.2. The molecule has 0 fully saturated rings. The second-order valence-electron chi connectivity index (χ2n) is 9.50. The molecule has 2 aromatic carbocycles. The van der Waals surface area contributed by atoms with Gasteiger partial charge >= 0.3 is 0 Å². The molecule has 31 heavy (non-hydrogen) atoms. The average molecular weight is 410 g/mol. The zero-order chi connectivity index (χ0) is 22.1. The molecule has 2 aliphatic heterocycles. The molecule has 0 saturated carbocycles. The van der Waals surface area contributed by atoms with Crippen LogP contribution in [0.5, 0.6) is 0 Å². The molecule has 5 rings (SSSR count). The second kappa shape index (κ2) is 6.30. The number of benzene rings is 2. The average Bonchev–Trinajstić information content (AvgIpc) is 3.12. The Morgan fingerprint density at radius 3 is 2.19 bits per heavy atom. The molecule has 0 atom stereocenters. The van der Waals surface area contributed by atoms with E-state index in [0.717, 1.165) is 28.3 Å². The third-order valence-electron chi connectivity index (χ3n) is 6.94. The number of Topliss-reactive ketones (excluding diaryl/α,β-unsaturated/α-hetero) is 1. The number of hydrogen-bond acceptors (Lipinski definition) is 4. The quantitative estimate of drug-likeness (QED) is 0.687. The van der Waals surface area contributed by atoms with Crippen molar-refractivity contribution in [2.24, 2.45) is 4.99 Å². The summed E-state index contributed by atoms with van der Waals surface area (Å²) in [5, 5.41) is 13.0. The van der Waals surface area contributed by atoms with Gasteiger partial charge in [0, 0.05) is 40.4 Å². The van der Waals surface area contributed by atoms with Crippen LogP contribution in [0.2, 0.25) is 0 Å². The zero-order valence-electron chi connectivity index (χ0n) is 18.5. The molecule has 0 unspecified atom stereocenters. The van der Waals surface area contributed by atoms with Gasteiger partial charge in [0.1, 0.15) is 0 Å². The summed E-state index contributed by atoms with van der Waals surface area (Å²) in [5.41, 5.74) is 5.87. The molecule has 2 heterocycles. The van der Waals surface area contributed by atoms with E-state index in [1.165, 1.54) is 5.56 Å². The maximum Gasteiger partial charge on any atom is 0.191 e. The summed E-state index contributed by atoms with van der Waals surface area (Å²) in [6, 6.07) is 16.1.